The van der Waals surface area contributed by atoms with Gasteiger partial charge < -0.3 is 15.1 Å². The first-order valence-corrected chi connectivity index (χ1v) is 8.86. The van der Waals surface area contributed by atoms with E-state index in [-0.39, 0.29) is 23.8 Å². The summed E-state index contributed by atoms with van der Waals surface area (Å²) in [4.78, 5) is 33.7. The molecule has 2 bridgehead atoms. The van der Waals surface area contributed by atoms with E-state index < -0.39 is 0 Å². The Morgan fingerprint density at radius 2 is 2.16 bits per heavy atom. The molecule has 0 radical (unpaired) electrons. The molecule has 3 aliphatic rings. The maximum atomic E-state index is 12.9. The van der Waals surface area contributed by atoms with Crippen molar-refractivity contribution >= 4 is 17.6 Å². The third-order valence-electron chi connectivity index (χ3n) is 5.04. The van der Waals surface area contributed by atoms with Crippen LogP contribution >= 0.6 is 0 Å². The highest BCUT2D eigenvalue weighted by atomic mass is 16.2. The normalized spacial score (nSPS) is 22.6. The van der Waals surface area contributed by atoms with E-state index in [1.165, 1.54) is 5.57 Å². The van der Waals surface area contributed by atoms with Gasteiger partial charge in [-0.25, -0.2) is 4.98 Å². The molecule has 3 aliphatic heterocycles. The Bertz CT molecular complexity index is 696. The van der Waals surface area contributed by atoms with Crippen LogP contribution in [0.15, 0.2) is 30.0 Å². The van der Waals surface area contributed by atoms with Crippen molar-refractivity contribution in [2.75, 3.05) is 32.0 Å². The lowest BCUT2D eigenvalue weighted by molar-refractivity contribution is -0.139. The van der Waals surface area contributed by atoms with Crippen molar-refractivity contribution < 1.29 is 9.59 Å². The van der Waals surface area contributed by atoms with Crippen molar-refractivity contribution in [3.05, 3.63) is 35.5 Å². The molecular formula is C19H26N4O2. The molecule has 25 heavy (non-hydrogen) atoms. The molecular weight excluding hydrogens is 316 g/mol. The summed E-state index contributed by atoms with van der Waals surface area (Å²) in [5, 5.41) is 2.96. The van der Waals surface area contributed by atoms with Crippen LogP contribution in [0.5, 0.6) is 0 Å². The van der Waals surface area contributed by atoms with Gasteiger partial charge in [-0.2, -0.15) is 0 Å². The van der Waals surface area contributed by atoms with Crippen molar-refractivity contribution in [2.24, 2.45) is 5.92 Å². The number of hydrogen-bond donors (Lipinski definition) is 1. The monoisotopic (exact) mass is 342 g/mol. The molecule has 6 nitrogen and oxygen atoms in total. The van der Waals surface area contributed by atoms with Crippen molar-refractivity contribution in [3.8, 4) is 0 Å². The zero-order valence-corrected chi connectivity index (χ0v) is 15.2. The van der Waals surface area contributed by atoms with E-state index in [9.17, 15) is 9.59 Å². The zero-order chi connectivity index (χ0) is 18.0. The molecule has 134 valence electrons. The number of anilines is 1. The molecule has 0 aliphatic carbocycles. The predicted octanol–water partition coefficient (Wildman–Crippen LogP) is 2.15. The summed E-state index contributed by atoms with van der Waals surface area (Å²) in [5.74, 6) is 0.756. The Labute approximate surface area is 148 Å². The van der Waals surface area contributed by atoms with E-state index >= 15 is 0 Å². The van der Waals surface area contributed by atoms with Crippen molar-refractivity contribution in [1.82, 2.24) is 14.8 Å². The number of nitrogens with one attached hydrogen (secondary N) is 1. The molecule has 0 aromatic carbocycles. The second kappa shape index (κ2) is 7.25. The Morgan fingerprint density at radius 3 is 2.88 bits per heavy atom. The fourth-order valence-corrected chi connectivity index (χ4v) is 3.61. The summed E-state index contributed by atoms with van der Waals surface area (Å²) in [6, 6.07) is 3.60. The molecule has 3 saturated heterocycles. The van der Waals surface area contributed by atoms with Crippen LogP contribution < -0.4 is 5.32 Å². The van der Waals surface area contributed by atoms with Crippen LogP contribution in [0.2, 0.25) is 0 Å². The number of carbonyl (C=O) groups is 2. The lowest BCUT2D eigenvalue weighted by atomic mass is 9.94. The van der Waals surface area contributed by atoms with Gasteiger partial charge >= 0.3 is 0 Å². The number of amides is 2. The highest BCUT2D eigenvalue weighted by molar-refractivity contribution is 5.95. The van der Waals surface area contributed by atoms with Crippen LogP contribution in [-0.4, -0.2) is 59.3 Å². The molecule has 4 heterocycles. The number of piperidine rings is 1. The second-order valence-electron chi connectivity index (χ2n) is 7.09. The molecule has 3 fully saturated rings. The second-order valence-corrected chi connectivity index (χ2v) is 7.09. The van der Waals surface area contributed by atoms with Crippen LogP contribution in [0.25, 0.3) is 0 Å². The van der Waals surface area contributed by atoms with Gasteiger partial charge in [0.15, 0.2) is 0 Å². The molecule has 6 heteroatoms. The number of nitrogens with zero attached hydrogens (tertiary/aromatic N) is 3. The van der Waals surface area contributed by atoms with Crippen LogP contribution in [-0.2, 0) is 4.79 Å². The van der Waals surface area contributed by atoms with E-state index in [2.05, 4.69) is 16.4 Å². The van der Waals surface area contributed by atoms with Gasteiger partial charge in [0.2, 0.25) is 5.91 Å². The molecule has 1 aromatic rings. The van der Waals surface area contributed by atoms with Gasteiger partial charge in [-0.05, 0) is 38.8 Å². The predicted molar refractivity (Wildman–Crippen MR) is 97.3 cm³/mol. The average molecular weight is 342 g/mol. The molecule has 0 unspecified atom stereocenters. The lowest BCUT2D eigenvalue weighted by Crippen LogP contribution is -2.48. The van der Waals surface area contributed by atoms with Gasteiger partial charge in [0.05, 0.1) is 5.92 Å². The first kappa shape index (κ1) is 17.5. The van der Waals surface area contributed by atoms with E-state index in [0.29, 0.717) is 31.0 Å². The van der Waals surface area contributed by atoms with Crippen molar-refractivity contribution in [2.45, 2.75) is 32.7 Å². The maximum Gasteiger partial charge on any atom is 0.254 e. The number of rotatable bonds is 4. The molecule has 0 saturated carbocycles. The highest BCUT2D eigenvalue weighted by Gasteiger charge is 2.41. The minimum atomic E-state index is -0.0844. The summed E-state index contributed by atoms with van der Waals surface area (Å²) in [7, 11) is 1.78. The first-order valence-electron chi connectivity index (χ1n) is 8.86. The van der Waals surface area contributed by atoms with Crippen LogP contribution in [0.1, 0.15) is 37.0 Å². The molecule has 1 aromatic heterocycles. The molecule has 0 spiro atoms. The number of fused-ring (bicyclic) bond motifs is 4. The van der Waals surface area contributed by atoms with Gasteiger partial charge in [0.1, 0.15) is 5.82 Å². The van der Waals surface area contributed by atoms with Gasteiger partial charge in [0.25, 0.3) is 5.91 Å². The maximum absolute atomic E-state index is 12.9. The SMILES string of the molecule is CNc1cc(C(=O)N2C[C@@H]3CC[C@H](C2)N(CC=C(C)C)C3=O)ccn1. The van der Waals surface area contributed by atoms with Crippen LogP contribution in [0, 0.1) is 5.92 Å². The quantitative estimate of drug-likeness (QED) is 0.852. The molecule has 1 N–H and O–H groups in total. The number of carbonyl (C=O) groups excluding carboxylic acids is 2. The molecule has 2 amide bonds. The average Bonchev–Trinajstić information content (AvgIpc) is 2.90. The fourth-order valence-electron chi connectivity index (χ4n) is 3.61. The minimum Gasteiger partial charge on any atom is -0.373 e. The summed E-state index contributed by atoms with van der Waals surface area (Å²) >= 11 is 0. The van der Waals surface area contributed by atoms with Crippen LogP contribution in [0.3, 0.4) is 0 Å². The van der Waals surface area contributed by atoms with Gasteiger partial charge in [-0.3, -0.25) is 9.59 Å². The van der Waals surface area contributed by atoms with Crippen LogP contribution in [0.4, 0.5) is 5.82 Å². The Balaban J connectivity index is 1.80. The summed E-state index contributed by atoms with van der Waals surface area (Å²) in [5.41, 5.74) is 1.82. The standard InChI is InChI=1S/C19H26N4O2/c1-13(2)7-9-23-16-5-4-15(19(23)25)11-22(12-16)18(24)14-6-8-21-17(10-14)20-3/h6-8,10,15-16H,4-5,9,11-12H2,1-3H3,(H,20,21)/t15-,16+/m0/s1. The number of pyridine rings is 1. The number of aromatic nitrogens is 1. The van der Waals surface area contributed by atoms with E-state index in [1.807, 2.05) is 23.6 Å². The van der Waals surface area contributed by atoms with E-state index in [4.69, 9.17) is 0 Å². The highest BCUT2D eigenvalue weighted by Crippen LogP contribution is 2.30. The Kier molecular flexibility index (Phi) is 5.06. The third kappa shape index (κ3) is 3.67. The third-order valence-corrected chi connectivity index (χ3v) is 5.04. The number of hydrogen-bond acceptors (Lipinski definition) is 4. The Hall–Kier alpha value is -2.37. The minimum absolute atomic E-state index is 0.0207. The fraction of sp³-hybridized carbons (Fsp3) is 0.526. The lowest BCUT2D eigenvalue weighted by Gasteiger charge is -2.35. The van der Waals surface area contributed by atoms with Crippen molar-refractivity contribution in [1.29, 1.82) is 0 Å². The largest absolute Gasteiger partial charge is 0.373 e. The van der Waals surface area contributed by atoms with Gasteiger partial charge in [0, 0.05) is 44.5 Å². The molecule has 4 rings (SSSR count). The van der Waals surface area contributed by atoms with Gasteiger partial charge in [-0.15, -0.1) is 0 Å². The summed E-state index contributed by atoms with van der Waals surface area (Å²) in [6.07, 6.45) is 5.57. The Morgan fingerprint density at radius 1 is 1.36 bits per heavy atom. The van der Waals surface area contributed by atoms with E-state index in [1.54, 1.807) is 25.4 Å². The van der Waals surface area contributed by atoms with Crippen molar-refractivity contribution in [3.63, 3.8) is 0 Å². The zero-order valence-electron chi connectivity index (χ0n) is 15.2. The van der Waals surface area contributed by atoms with E-state index in [0.717, 1.165) is 12.8 Å². The number of allylic oxidation sites excluding steroid dienone is 1. The summed E-state index contributed by atoms with van der Waals surface area (Å²) in [6.45, 7) is 5.84. The smallest absolute Gasteiger partial charge is 0.254 e. The molecule has 2 atom stereocenters. The van der Waals surface area contributed by atoms with Gasteiger partial charge in [-0.1, -0.05) is 11.6 Å². The first-order chi connectivity index (χ1) is 12.0. The summed E-state index contributed by atoms with van der Waals surface area (Å²) < 4.78 is 0. The topological polar surface area (TPSA) is 65.5 Å².